The van der Waals surface area contributed by atoms with Gasteiger partial charge in [-0.25, -0.2) is 4.79 Å². The maximum Gasteiger partial charge on any atom is 0.326 e. The summed E-state index contributed by atoms with van der Waals surface area (Å²) < 4.78 is 0. The number of hydrogen-bond acceptors (Lipinski definition) is 7. The van der Waals surface area contributed by atoms with E-state index in [0.29, 0.717) is 19.4 Å². The van der Waals surface area contributed by atoms with E-state index in [9.17, 15) is 29.1 Å². The average molecular weight is 560 g/mol. The van der Waals surface area contributed by atoms with E-state index in [4.69, 9.17) is 17.2 Å². The summed E-state index contributed by atoms with van der Waals surface area (Å²) in [6.07, 6.45) is 2.65. The fraction of sp³-hybridized carbons (Fsp3) is 0.519. The minimum absolute atomic E-state index is 0.111. The van der Waals surface area contributed by atoms with Gasteiger partial charge in [0.05, 0.1) is 6.04 Å². The Labute approximate surface area is 233 Å². The summed E-state index contributed by atoms with van der Waals surface area (Å²) in [5, 5.41) is 18.1. The molecule has 0 radical (unpaired) electrons. The van der Waals surface area contributed by atoms with E-state index in [1.807, 2.05) is 24.3 Å². The molecule has 4 atom stereocenters. The average Bonchev–Trinajstić information content (AvgIpc) is 3.31. The van der Waals surface area contributed by atoms with Crippen LogP contribution < -0.4 is 33.2 Å². The second-order valence-corrected chi connectivity index (χ2v) is 10.1. The first-order valence-electron chi connectivity index (χ1n) is 13.4. The maximum absolute atomic E-state index is 13.6. The van der Waals surface area contributed by atoms with E-state index in [1.165, 1.54) is 0 Å². The van der Waals surface area contributed by atoms with Gasteiger partial charge in [0.2, 0.25) is 23.6 Å². The van der Waals surface area contributed by atoms with Crippen LogP contribution in [0.2, 0.25) is 0 Å². The number of hydrogen-bond donors (Lipinski definition) is 8. The van der Waals surface area contributed by atoms with Gasteiger partial charge in [0.15, 0.2) is 0 Å². The number of para-hydroxylation sites is 1. The first kappa shape index (κ1) is 32.2. The van der Waals surface area contributed by atoms with Crippen LogP contribution in [-0.4, -0.2) is 70.4 Å². The van der Waals surface area contributed by atoms with Gasteiger partial charge in [0.25, 0.3) is 0 Å². The summed E-state index contributed by atoms with van der Waals surface area (Å²) >= 11 is 0. The SMILES string of the molecule is CC(C)C(N)C(=O)NC(Cc1c[nH]c2ccccc12)C(=O)NC(CCCCN)C(=O)NC(CCC(N)=O)C(=O)O. The summed E-state index contributed by atoms with van der Waals surface area (Å²) in [7, 11) is 0. The lowest BCUT2D eigenvalue weighted by Crippen LogP contribution is -2.58. The molecule has 1 aromatic heterocycles. The number of nitrogens with one attached hydrogen (secondary N) is 4. The first-order valence-corrected chi connectivity index (χ1v) is 13.4. The molecule has 13 nitrogen and oxygen atoms in total. The molecule has 0 aliphatic carbocycles. The minimum Gasteiger partial charge on any atom is -0.480 e. The lowest BCUT2D eigenvalue weighted by Gasteiger charge is -2.26. The van der Waals surface area contributed by atoms with Crippen LogP contribution in [0.3, 0.4) is 0 Å². The number of carboxylic acid groups (broad SMARTS) is 1. The van der Waals surface area contributed by atoms with Crippen molar-refractivity contribution in [3.8, 4) is 0 Å². The van der Waals surface area contributed by atoms with E-state index >= 15 is 0 Å². The van der Waals surface area contributed by atoms with Gasteiger partial charge in [0, 0.05) is 29.9 Å². The molecule has 0 saturated heterocycles. The van der Waals surface area contributed by atoms with Crippen molar-refractivity contribution >= 4 is 40.5 Å². The molecular formula is C27H41N7O6. The molecule has 0 bridgehead atoms. The molecule has 40 heavy (non-hydrogen) atoms. The van der Waals surface area contributed by atoms with Crippen molar-refractivity contribution in [1.82, 2.24) is 20.9 Å². The summed E-state index contributed by atoms with van der Waals surface area (Å²) in [6.45, 7) is 3.94. The number of H-pyrrole nitrogens is 1. The van der Waals surface area contributed by atoms with Gasteiger partial charge < -0.3 is 43.2 Å². The fourth-order valence-electron chi connectivity index (χ4n) is 4.15. The number of aliphatic carboxylic acids is 1. The quantitative estimate of drug-likeness (QED) is 0.119. The van der Waals surface area contributed by atoms with Crippen molar-refractivity contribution in [2.45, 2.75) is 76.5 Å². The zero-order valence-electron chi connectivity index (χ0n) is 22.9. The Morgan fingerprint density at radius 2 is 1.52 bits per heavy atom. The van der Waals surface area contributed by atoms with Crippen LogP contribution in [0.5, 0.6) is 0 Å². The third kappa shape index (κ3) is 9.65. The highest BCUT2D eigenvalue weighted by atomic mass is 16.4. The lowest BCUT2D eigenvalue weighted by molar-refractivity contribution is -0.142. The van der Waals surface area contributed by atoms with Gasteiger partial charge in [-0.05, 0) is 49.8 Å². The Balaban J connectivity index is 2.29. The van der Waals surface area contributed by atoms with E-state index in [0.717, 1.165) is 16.5 Å². The van der Waals surface area contributed by atoms with Crippen molar-refractivity contribution in [1.29, 1.82) is 0 Å². The lowest BCUT2D eigenvalue weighted by atomic mass is 10.0. The standard InChI is InChI=1S/C27H41N7O6/c1-15(2)23(30)26(38)34-21(13-16-14-31-18-8-4-3-7-17(16)18)25(37)32-19(9-5-6-12-28)24(36)33-20(27(39)40)10-11-22(29)35/h3-4,7-8,14-15,19-21,23,31H,5-6,9-13,28,30H2,1-2H3,(H2,29,35)(H,32,37)(H,33,36)(H,34,38)(H,39,40). The number of aromatic nitrogens is 1. The highest BCUT2D eigenvalue weighted by Crippen LogP contribution is 2.19. The monoisotopic (exact) mass is 559 g/mol. The van der Waals surface area contributed by atoms with Gasteiger partial charge in [-0.2, -0.15) is 0 Å². The van der Waals surface area contributed by atoms with E-state index in [-0.39, 0.29) is 31.6 Å². The molecule has 220 valence electrons. The van der Waals surface area contributed by atoms with Gasteiger partial charge in [0.1, 0.15) is 18.1 Å². The molecule has 4 unspecified atom stereocenters. The molecular weight excluding hydrogens is 518 g/mol. The van der Waals surface area contributed by atoms with Crippen molar-refractivity contribution in [3.05, 3.63) is 36.0 Å². The smallest absolute Gasteiger partial charge is 0.326 e. The zero-order valence-corrected chi connectivity index (χ0v) is 22.9. The van der Waals surface area contributed by atoms with Gasteiger partial charge in [-0.3, -0.25) is 19.2 Å². The molecule has 0 fully saturated rings. The van der Waals surface area contributed by atoms with Gasteiger partial charge >= 0.3 is 5.97 Å². The van der Waals surface area contributed by atoms with Crippen LogP contribution in [0, 0.1) is 5.92 Å². The number of carbonyl (C=O) groups is 5. The Bertz CT molecular complexity index is 1180. The van der Waals surface area contributed by atoms with Crippen LogP contribution in [-0.2, 0) is 30.4 Å². The third-order valence-electron chi connectivity index (χ3n) is 6.63. The molecule has 1 heterocycles. The molecule has 1 aromatic carbocycles. The predicted molar refractivity (Wildman–Crippen MR) is 150 cm³/mol. The first-order chi connectivity index (χ1) is 18.9. The Morgan fingerprint density at radius 3 is 2.15 bits per heavy atom. The number of nitrogens with two attached hydrogens (primary N) is 3. The zero-order chi connectivity index (χ0) is 29.8. The van der Waals surface area contributed by atoms with Crippen molar-refractivity contribution in [3.63, 3.8) is 0 Å². The molecule has 0 spiro atoms. The van der Waals surface area contributed by atoms with E-state index in [1.54, 1.807) is 20.0 Å². The van der Waals surface area contributed by atoms with Crippen molar-refractivity contribution in [2.75, 3.05) is 6.54 Å². The number of benzene rings is 1. The topological polar surface area (TPSA) is 236 Å². The maximum atomic E-state index is 13.6. The number of carbonyl (C=O) groups excluding carboxylic acids is 4. The summed E-state index contributed by atoms with van der Waals surface area (Å²) in [5.41, 5.74) is 18.4. The van der Waals surface area contributed by atoms with Crippen LogP contribution >= 0.6 is 0 Å². The van der Waals surface area contributed by atoms with Crippen molar-refractivity contribution < 1.29 is 29.1 Å². The molecule has 11 N–H and O–H groups in total. The number of rotatable bonds is 17. The number of amides is 4. The largest absolute Gasteiger partial charge is 0.480 e. The second kappa shape index (κ2) is 15.6. The fourth-order valence-corrected chi connectivity index (χ4v) is 4.15. The Kier molecular flexibility index (Phi) is 12.6. The molecule has 0 aliphatic heterocycles. The summed E-state index contributed by atoms with van der Waals surface area (Å²) in [4.78, 5) is 65.4. The normalized spacial score (nSPS) is 14.2. The summed E-state index contributed by atoms with van der Waals surface area (Å²) in [5.74, 6) is -4.11. The van der Waals surface area contributed by atoms with Crippen molar-refractivity contribution in [2.24, 2.45) is 23.1 Å². The molecule has 13 heteroatoms. The predicted octanol–water partition coefficient (Wildman–Crippen LogP) is -0.373. The third-order valence-corrected chi connectivity index (χ3v) is 6.63. The summed E-state index contributed by atoms with van der Waals surface area (Å²) in [6, 6.07) is 3.07. The van der Waals surface area contributed by atoms with Gasteiger partial charge in [-0.1, -0.05) is 32.0 Å². The molecule has 0 aliphatic rings. The van der Waals surface area contributed by atoms with Crippen LogP contribution in [0.1, 0.15) is 51.5 Å². The molecule has 2 rings (SSSR count). The Hall–Kier alpha value is -3.97. The second-order valence-electron chi connectivity index (χ2n) is 10.1. The Morgan fingerprint density at radius 1 is 0.900 bits per heavy atom. The number of unbranched alkanes of at least 4 members (excludes halogenated alkanes) is 1. The highest BCUT2D eigenvalue weighted by molar-refractivity contribution is 5.95. The van der Waals surface area contributed by atoms with Crippen LogP contribution in [0.15, 0.2) is 30.5 Å². The van der Waals surface area contributed by atoms with Gasteiger partial charge in [-0.15, -0.1) is 0 Å². The molecule has 4 amide bonds. The number of aromatic amines is 1. The minimum atomic E-state index is -1.38. The molecule has 0 saturated carbocycles. The van der Waals surface area contributed by atoms with E-state index in [2.05, 4.69) is 20.9 Å². The van der Waals surface area contributed by atoms with E-state index < -0.39 is 53.8 Å². The number of carboxylic acids is 1. The highest BCUT2D eigenvalue weighted by Gasteiger charge is 2.31. The van der Waals surface area contributed by atoms with Crippen LogP contribution in [0.25, 0.3) is 10.9 Å². The van der Waals surface area contributed by atoms with Crippen LogP contribution in [0.4, 0.5) is 0 Å². The molecule has 2 aromatic rings. The number of primary amides is 1. The number of fused-ring (bicyclic) bond motifs is 1.